The van der Waals surface area contributed by atoms with Crippen LogP contribution < -0.4 is 10.1 Å². The molecule has 0 saturated carbocycles. The number of nitrogens with zero attached hydrogens (tertiary/aromatic N) is 1. The summed E-state index contributed by atoms with van der Waals surface area (Å²) in [6, 6.07) is 12.9. The van der Waals surface area contributed by atoms with Crippen LogP contribution >= 0.6 is 0 Å². The number of amides is 2. The molecule has 2 saturated heterocycles. The predicted molar refractivity (Wildman–Crippen MR) is 106 cm³/mol. The number of para-hydroxylation sites is 1. The molecule has 2 aromatic rings. The number of hydrogen-bond donors (Lipinski definition) is 3. The summed E-state index contributed by atoms with van der Waals surface area (Å²) in [7, 11) is 2.76. The summed E-state index contributed by atoms with van der Waals surface area (Å²) < 4.78 is 5.16. The number of methoxy groups -OCH3 is 1. The highest BCUT2D eigenvalue weighted by atomic mass is 16.5. The summed E-state index contributed by atoms with van der Waals surface area (Å²) in [6.45, 7) is 0. The quantitative estimate of drug-likeness (QED) is 0.637. The number of aromatic hydroxyl groups is 1. The first-order valence-corrected chi connectivity index (χ1v) is 9.54. The molecule has 0 spiro atoms. The molecule has 2 amide bonds. The summed E-state index contributed by atoms with van der Waals surface area (Å²) in [5.74, 6) is -4.29. The highest BCUT2D eigenvalue weighted by molar-refractivity contribution is 6.09. The molecule has 2 fully saturated rings. The maximum absolute atomic E-state index is 13.0. The number of fused-ring (bicyclic) bond motifs is 1. The van der Waals surface area contributed by atoms with Crippen molar-refractivity contribution in [3.63, 3.8) is 0 Å². The molecule has 0 radical (unpaired) electrons. The van der Waals surface area contributed by atoms with Crippen LogP contribution in [0.1, 0.15) is 17.2 Å². The van der Waals surface area contributed by atoms with E-state index in [0.29, 0.717) is 5.56 Å². The van der Waals surface area contributed by atoms with Gasteiger partial charge in [0, 0.05) is 25.1 Å². The van der Waals surface area contributed by atoms with Crippen LogP contribution in [0.25, 0.3) is 0 Å². The van der Waals surface area contributed by atoms with Gasteiger partial charge in [-0.1, -0.05) is 42.5 Å². The van der Waals surface area contributed by atoms with E-state index in [1.807, 2.05) is 6.07 Å². The van der Waals surface area contributed by atoms with Crippen LogP contribution in [-0.4, -0.2) is 52.6 Å². The Labute approximate surface area is 173 Å². The van der Waals surface area contributed by atoms with Gasteiger partial charge in [0.2, 0.25) is 11.8 Å². The number of carboxylic acids is 1. The third kappa shape index (κ3) is 2.75. The lowest BCUT2D eigenvalue weighted by atomic mass is 9.76. The van der Waals surface area contributed by atoms with Crippen LogP contribution in [0.5, 0.6) is 11.5 Å². The second kappa shape index (κ2) is 7.14. The van der Waals surface area contributed by atoms with Gasteiger partial charge in [-0.2, -0.15) is 0 Å². The number of rotatable bonds is 5. The second-order valence-corrected chi connectivity index (χ2v) is 7.70. The van der Waals surface area contributed by atoms with Gasteiger partial charge in [-0.05, 0) is 11.6 Å². The Morgan fingerprint density at radius 3 is 2.47 bits per heavy atom. The zero-order valence-electron chi connectivity index (χ0n) is 16.5. The largest absolute Gasteiger partial charge is 0.504 e. The minimum atomic E-state index is -1.70. The molecule has 2 aliphatic rings. The first kappa shape index (κ1) is 19.9. The van der Waals surface area contributed by atoms with Gasteiger partial charge in [0.1, 0.15) is 5.54 Å². The highest BCUT2D eigenvalue weighted by Gasteiger charge is 2.68. The fraction of sp³-hybridized carbons (Fsp3) is 0.318. The first-order valence-electron chi connectivity index (χ1n) is 9.54. The second-order valence-electron chi connectivity index (χ2n) is 7.70. The van der Waals surface area contributed by atoms with Gasteiger partial charge in [0.15, 0.2) is 11.5 Å². The molecule has 2 aromatic carbocycles. The molecule has 0 unspecified atom stereocenters. The Kier molecular flexibility index (Phi) is 4.74. The molecule has 0 aromatic heterocycles. The topological polar surface area (TPSA) is 116 Å². The fourth-order valence-electron chi connectivity index (χ4n) is 4.72. The van der Waals surface area contributed by atoms with Gasteiger partial charge in [-0.15, -0.1) is 0 Å². The third-order valence-electron chi connectivity index (χ3n) is 6.17. The van der Waals surface area contributed by atoms with Crippen molar-refractivity contribution in [2.24, 2.45) is 11.8 Å². The maximum atomic E-state index is 13.0. The zero-order chi connectivity index (χ0) is 21.6. The van der Waals surface area contributed by atoms with E-state index >= 15 is 0 Å². The van der Waals surface area contributed by atoms with Crippen molar-refractivity contribution in [3.8, 4) is 11.5 Å². The van der Waals surface area contributed by atoms with Crippen LogP contribution in [0, 0.1) is 11.8 Å². The number of phenols is 1. The smallest absolute Gasteiger partial charge is 0.325 e. The van der Waals surface area contributed by atoms with E-state index in [4.69, 9.17) is 4.74 Å². The summed E-state index contributed by atoms with van der Waals surface area (Å²) in [4.78, 5) is 39.5. The molecular formula is C22H22N2O6. The van der Waals surface area contributed by atoms with Gasteiger partial charge in [-0.3, -0.25) is 24.6 Å². The molecule has 4 atom stereocenters. The molecule has 0 aliphatic carbocycles. The van der Waals surface area contributed by atoms with E-state index in [1.54, 1.807) is 42.5 Å². The number of hydrogen-bond acceptors (Lipinski definition) is 6. The Morgan fingerprint density at radius 2 is 1.83 bits per heavy atom. The maximum Gasteiger partial charge on any atom is 0.325 e. The van der Waals surface area contributed by atoms with Gasteiger partial charge in [0.25, 0.3) is 0 Å². The molecule has 8 nitrogen and oxygen atoms in total. The Hall–Kier alpha value is -3.39. The summed E-state index contributed by atoms with van der Waals surface area (Å²) in [5.41, 5.74) is -0.669. The SMILES string of the molecule is COc1cccc([C@@H]2N[C@](Cc3ccccc3)(C(=O)O)[C@@H]3C(=O)N(C)C(=O)[C@H]32)c1O. The molecular weight excluding hydrogens is 388 g/mol. The molecule has 2 aliphatic heterocycles. The highest BCUT2D eigenvalue weighted by Crippen LogP contribution is 2.51. The molecule has 3 N–H and O–H groups in total. The monoisotopic (exact) mass is 410 g/mol. The van der Waals surface area contributed by atoms with Gasteiger partial charge >= 0.3 is 5.97 Å². The van der Waals surface area contributed by atoms with Crippen LogP contribution in [0.4, 0.5) is 0 Å². The normalized spacial score (nSPS) is 27.9. The lowest BCUT2D eigenvalue weighted by Crippen LogP contribution is -2.57. The van der Waals surface area contributed by atoms with Gasteiger partial charge < -0.3 is 14.9 Å². The Morgan fingerprint density at radius 1 is 1.13 bits per heavy atom. The van der Waals surface area contributed by atoms with E-state index in [1.165, 1.54) is 14.2 Å². The number of ether oxygens (including phenoxy) is 1. The van der Waals surface area contributed by atoms with Crippen LogP contribution in [0.2, 0.25) is 0 Å². The van der Waals surface area contributed by atoms with Crippen molar-refractivity contribution in [3.05, 3.63) is 59.7 Å². The average molecular weight is 410 g/mol. The molecule has 4 rings (SSSR count). The third-order valence-corrected chi connectivity index (χ3v) is 6.17. The number of likely N-dealkylation sites (tertiary alicyclic amines) is 1. The lowest BCUT2D eigenvalue weighted by molar-refractivity contribution is -0.151. The number of imide groups is 1. The molecule has 8 heteroatoms. The van der Waals surface area contributed by atoms with E-state index in [2.05, 4.69) is 5.32 Å². The summed E-state index contributed by atoms with van der Waals surface area (Å²) in [6.07, 6.45) is 0.0123. The minimum absolute atomic E-state index is 0.0123. The van der Waals surface area contributed by atoms with E-state index < -0.39 is 41.2 Å². The number of nitrogens with one attached hydrogen (secondary N) is 1. The van der Waals surface area contributed by atoms with Crippen molar-refractivity contribution in [2.75, 3.05) is 14.2 Å². The van der Waals surface area contributed by atoms with Gasteiger partial charge in [0.05, 0.1) is 18.9 Å². The van der Waals surface area contributed by atoms with E-state index in [0.717, 1.165) is 10.5 Å². The molecule has 2 heterocycles. The first-order chi connectivity index (χ1) is 14.3. The van der Waals surface area contributed by atoms with Crippen LogP contribution in [0.3, 0.4) is 0 Å². The summed E-state index contributed by atoms with van der Waals surface area (Å²) >= 11 is 0. The van der Waals surface area contributed by atoms with Crippen molar-refractivity contribution < 1.29 is 29.3 Å². The molecule has 156 valence electrons. The Bertz CT molecular complexity index is 1020. The van der Waals surface area contributed by atoms with E-state index in [9.17, 15) is 24.6 Å². The Balaban J connectivity index is 1.88. The summed E-state index contributed by atoms with van der Waals surface area (Å²) in [5, 5.41) is 24.0. The number of carboxylic acid groups (broad SMARTS) is 1. The number of carbonyl (C=O) groups excluding carboxylic acids is 2. The molecule has 0 bridgehead atoms. The van der Waals surface area contributed by atoms with Crippen molar-refractivity contribution in [2.45, 2.75) is 18.0 Å². The fourth-order valence-corrected chi connectivity index (χ4v) is 4.72. The zero-order valence-corrected chi connectivity index (χ0v) is 16.5. The standard InChI is InChI=1S/C22H22N2O6/c1-24-19(26)15-16(20(24)27)22(21(28)29,11-12-7-4-3-5-8-12)23-17(15)13-9-6-10-14(30-2)18(13)25/h3-10,15-17,23,25H,11H2,1-2H3,(H,28,29)/t15-,16+,17+,22+/m1/s1. The number of carbonyl (C=O) groups is 3. The minimum Gasteiger partial charge on any atom is -0.504 e. The van der Waals surface area contributed by atoms with Gasteiger partial charge in [-0.25, -0.2) is 0 Å². The number of benzene rings is 2. The van der Waals surface area contributed by atoms with Crippen molar-refractivity contribution >= 4 is 17.8 Å². The number of aliphatic carboxylic acids is 1. The van der Waals surface area contributed by atoms with Crippen LogP contribution in [-0.2, 0) is 20.8 Å². The molecule has 30 heavy (non-hydrogen) atoms. The average Bonchev–Trinajstić information content (AvgIpc) is 3.19. The van der Waals surface area contributed by atoms with Crippen molar-refractivity contribution in [1.82, 2.24) is 10.2 Å². The van der Waals surface area contributed by atoms with Crippen molar-refractivity contribution in [1.29, 1.82) is 0 Å². The van der Waals surface area contributed by atoms with E-state index in [-0.39, 0.29) is 17.9 Å². The predicted octanol–water partition coefficient (Wildman–Crippen LogP) is 1.34. The lowest BCUT2D eigenvalue weighted by Gasteiger charge is -2.31. The van der Waals surface area contributed by atoms with Crippen LogP contribution in [0.15, 0.2) is 48.5 Å². The number of phenolic OH excluding ortho intramolecular Hbond substituents is 1.